The van der Waals surface area contributed by atoms with Crippen molar-refractivity contribution in [2.75, 3.05) is 6.54 Å². The van der Waals surface area contributed by atoms with Gasteiger partial charge in [0.25, 0.3) is 5.91 Å². The minimum absolute atomic E-state index is 0.201. The highest BCUT2D eigenvalue weighted by Crippen LogP contribution is 2.34. The first kappa shape index (κ1) is 15.7. The second-order valence-electron chi connectivity index (χ2n) is 6.59. The van der Waals surface area contributed by atoms with Crippen molar-refractivity contribution in [3.8, 4) is 0 Å². The number of rotatable bonds is 4. The fourth-order valence-electron chi connectivity index (χ4n) is 3.15. The number of fused-ring (bicyclic) bond motifs is 1. The van der Waals surface area contributed by atoms with Gasteiger partial charge in [-0.25, -0.2) is 0 Å². The van der Waals surface area contributed by atoms with E-state index in [1.165, 1.54) is 0 Å². The predicted molar refractivity (Wildman–Crippen MR) is 88.3 cm³/mol. The molecule has 3 rings (SSSR count). The van der Waals surface area contributed by atoms with Crippen molar-refractivity contribution in [1.29, 1.82) is 0 Å². The van der Waals surface area contributed by atoms with Gasteiger partial charge in [-0.15, -0.1) is 0 Å². The molecule has 2 aromatic rings. The van der Waals surface area contributed by atoms with E-state index in [4.69, 9.17) is 0 Å². The second kappa shape index (κ2) is 6.16. The first-order valence-electron chi connectivity index (χ1n) is 8.14. The number of amides is 1. The van der Waals surface area contributed by atoms with Crippen molar-refractivity contribution in [3.63, 3.8) is 0 Å². The number of aliphatic hydroxyl groups is 1. The summed E-state index contributed by atoms with van der Waals surface area (Å²) in [7, 11) is 0. The van der Waals surface area contributed by atoms with Gasteiger partial charge >= 0.3 is 0 Å². The molecule has 0 saturated carbocycles. The van der Waals surface area contributed by atoms with Crippen LogP contribution in [-0.4, -0.2) is 27.8 Å². The average Bonchev–Trinajstić information content (AvgIpc) is 3.04. The van der Waals surface area contributed by atoms with Crippen LogP contribution < -0.4 is 5.32 Å². The summed E-state index contributed by atoms with van der Waals surface area (Å²) in [6, 6.07) is 9.68. The summed E-state index contributed by atoms with van der Waals surface area (Å²) < 4.78 is 0. The van der Waals surface area contributed by atoms with Crippen molar-refractivity contribution < 1.29 is 9.90 Å². The molecule has 1 amide bonds. The summed E-state index contributed by atoms with van der Waals surface area (Å²) in [6.07, 6.45) is 2.55. The molecule has 5 nitrogen and oxygen atoms in total. The van der Waals surface area contributed by atoms with E-state index in [2.05, 4.69) is 15.5 Å². The summed E-state index contributed by atoms with van der Waals surface area (Å²) in [6.45, 7) is 4.28. The third kappa shape index (κ3) is 3.15. The molecule has 0 fully saturated rings. The van der Waals surface area contributed by atoms with Gasteiger partial charge in [0, 0.05) is 5.69 Å². The van der Waals surface area contributed by atoms with Crippen LogP contribution in [-0.2, 0) is 12.0 Å². The normalized spacial score (nSPS) is 20.3. The number of aromatic amines is 1. The zero-order valence-electron chi connectivity index (χ0n) is 13.6. The number of aryl methyl sites for hydroxylation is 1. The van der Waals surface area contributed by atoms with E-state index in [1.807, 2.05) is 38.1 Å². The smallest absolute Gasteiger partial charge is 0.271 e. The lowest BCUT2D eigenvalue weighted by molar-refractivity contribution is 0.0189. The zero-order chi connectivity index (χ0) is 16.4. The Kier molecular flexibility index (Phi) is 4.22. The predicted octanol–water partition coefficient (Wildman–Crippen LogP) is 2.49. The minimum Gasteiger partial charge on any atom is -0.383 e. The maximum absolute atomic E-state index is 12.3. The van der Waals surface area contributed by atoms with Gasteiger partial charge in [0.1, 0.15) is 11.3 Å². The Labute approximate surface area is 136 Å². The maximum Gasteiger partial charge on any atom is 0.271 e. The number of hydrogen-bond donors (Lipinski definition) is 3. The lowest BCUT2D eigenvalue weighted by Gasteiger charge is -2.34. The van der Waals surface area contributed by atoms with Crippen molar-refractivity contribution in [1.82, 2.24) is 15.5 Å². The van der Waals surface area contributed by atoms with E-state index in [9.17, 15) is 9.90 Å². The molecule has 0 aliphatic heterocycles. The average molecular weight is 313 g/mol. The molecule has 5 heteroatoms. The SMILES string of the molecule is CC(C)c1cc(C(=O)NCC2(O)CCCc3ccccc32)n[nH]1. The minimum atomic E-state index is -0.998. The van der Waals surface area contributed by atoms with Crippen molar-refractivity contribution in [2.45, 2.75) is 44.6 Å². The monoisotopic (exact) mass is 313 g/mol. The Morgan fingerprint density at radius 1 is 1.43 bits per heavy atom. The van der Waals surface area contributed by atoms with E-state index in [0.29, 0.717) is 18.0 Å². The van der Waals surface area contributed by atoms with Crippen LogP contribution >= 0.6 is 0 Å². The van der Waals surface area contributed by atoms with Crippen molar-refractivity contribution in [2.24, 2.45) is 0 Å². The topological polar surface area (TPSA) is 78.0 Å². The Hall–Kier alpha value is -2.14. The summed E-state index contributed by atoms with van der Waals surface area (Å²) >= 11 is 0. The molecular formula is C18H23N3O2. The molecule has 1 aliphatic carbocycles. The number of nitrogens with one attached hydrogen (secondary N) is 2. The lowest BCUT2D eigenvalue weighted by atomic mass is 9.79. The van der Waals surface area contributed by atoms with Gasteiger partial charge < -0.3 is 10.4 Å². The molecule has 0 radical (unpaired) electrons. The quantitative estimate of drug-likeness (QED) is 0.811. The molecule has 23 heavy (non-hydrogen) atoms. The summed E-state index contributed by atoms with van der Waals surface area (Å²) in [5, 5.41) is 20.7. The number of hydrogen-bond acceptors (Lipinski definition) is 3. The second-order valence-corrected chi connectivity index (χ2v) is 6.59. The highest BCUT2D eigenvalue weighted by Gasteiger charge is 2.34. The first-order valence-corrected chi connectivity index (χ1v) is 8.14. The van der Waals surface area contributed by atoms with Gasteiger partial charge in [-0.3, -0.25) is 9.89 Å². The van der Waals surface area contributed by atoms with Crippen LogP contribution in [0, 0.1) is 0 Å². The molecule has 1 heterocycles. The van der Waals surface area contributed by atoms with Crippen molar-refractivity contribution >= 4 is 5.91 Å². The fraction of sp³-hybridized carbons (Fsp3) is 0.444. The third-order valence-electron chi connectivity index (χ3n) is 4.55. The molecule has 3 N–H and O–H groups in total. The molecule has 1 unspecified atom stereocenters. The van der Waals surface area contributed by atoms with Crippen LogP contribution in [0.3, 0.4) is 0 Å². The van der Waals surface area contributed by atoms with Crippen LogP contribution in [0.2, 0.25) is 0 Å². The Bertz CT molecular complexity index is 708. The standard InChI is InChI=1S/C18H23N3O2/c1-12(2)15-10-16(21-20-15)17(22)19-11-18(23)9-5-7-13-6-3-4-8-14(13)18/h3-4,6,8,10,12,23H,5,7,9,11H2,1-2H3,(H,19,22)(H,20,21). The number of aromatic nitrogens is 2. The summed E-state index contributed by atoms with van der Waals surface area (Å²) in [5.41, 5.74) is 2.38. The van der Waals surface area contributed by atoms with Crippen LogP contribution in [0.25, 0.3) is 0 Å². The maximum atomic E-state index is 12.3. The van der Waals surface area contributed by atoms with Gasteiger partial charge in [0.15, 0.2) is 0 Å². The molecule has 0 bridgehead atoms. The number of benzene rings is 1. The Morgan fingerprint density at radius 2 is 2.22 bits per heavy atom. The summed E-state index contributed by atoms with van der Waals surface area (Å²) in [4.78, 5) is 12.3. The number of carbonyl (C=O) groups is 1. The zero-order valence-corrected chi connectivity index (χ0v) is 13.6. The molecule has 0 spiro atoms. The van der Waals surface area contributed by atoms with E-state index in [-0.39, 0.29) is 12.5 Å². The lowest BCUT2D eigenvalue weighted by Crippen LogP contribution is -2.43. The highest BCUT2D eigenvalue weighted by atomic mass is 16.3. The molecule has 1 aromatic carbocycles. The molecule has 1 atom stereocenters. The number of H-pyrrole nitrogens is 1. The van der Waals surface area contributed by atoms with Gasteiger partial charge in [-0.1, -0.05) is 38.1 Å². The molecular weight excluding hydrogens is 290 g/mol. The van der Waals surface area contributed by atoms with Gasteiger partial charge in [0.05, 0.1) is 6.54 Å². The van der Waals surface area contributed by atoms with Gasteiger partial charge in [-0.2, -0.15) is 5.10 Å². The highest BCUT2D eigenvalue weighted by molar-refractivity contribution is 5.92. The van der Waals surface area contributed by atoms with Crippen LogP contribution in [0.15, 0.2) is 30.3 Å². The van der Waals surface area contributed by atoms with Crippen LogP contribution in [0.1, 0.15) is 59.9 Å². The Balaban J connectivity index is 1.71. The molecule has 1 aliphatic rings. The van der Waals surface area contributed by atoms with Crippen LogP contribution in [0.5, 0.6) is 0 Å². The van der Waals surface area contributed by atoms with Gasteiger partial charge in [0.2, 0.25) is 0 Å². The largest absolute Gasteiger partial charge is 0.383 e. The molecule has 122 valence electrons. The van der Waals surface area contributed by atoms with Gasteiger partial charge in [-0.05, 0) is 42.4 Å². The fourth-order valence-corrected chi connectivity index (χ4v) is 3.15. The number of nitrogens with zero attached hydrogens (tertiary/aromatic N) is 1. The van der Waals surface area contributed by atoms with Crippen molar-refractivity contribution in [3.05, 3.63) is 52.8 Å². The summed E-state index contributed by atoms with van der Waals surface area (Å²) in [5.74, 6) is 0.0306. The third-order valence-corrected chi connectivity index (χ3v) is 4.55. The van der Waals surface area contributed by atoms with E-state index < -0.39 is 5.60 Å². The van der Waals surface area contributed by atoms with Crippen LogP contribution in [0.4, 0.5) is 0 Å². The first-order chi connectivity index (χ1) is 11.0. The molecule has 0 saturated heterocycles. The molecule has 1 aromatic heterocycles. The van der Waals surface area contributed by atoms with E-state index in [0.717, 1.165) is 29.7 Å². The number of carbonyl (C=O) groups excluding carboxylic acids is 1. The Morgan fingerprint density at radius 3 is 2.96 bits per heavy atom. The van der Waals surface area contributed by atoms with E-state index in [1.54, 1.807) is 6.07 Å². The van der Waals surface area contributed by atoms with E-state index >= 15 is 0 Å².